The number of rotatable bonds is 5. The van der Waals surface area contributed by atoms with Gasteiger partial charge >= 0.3 is 6.16 Å². The number of aromatic nitrogens is 1. The molecule has 2 aromatic rings. The van der Waals surface area contributed by atoms with Crippen LogP contribution in [0.5, 0.6) is 5.75 Å². The molecule has 8 heteroatoms. The van der Waals surface area contributed by atoms with Crippen molar-refractivity contribution in [2.45, 2.75) is 20.0 Å². The van der Waals surface area contributed by atoms with Gasteiger partial charge in [0, 0.05) is 18.3 Å². The molecule has 2 rings (SSSR count). The van der Waals surface area contributed by atoms with Crippen molar-refractivity contribution in [2.75, 3.05) is 0 Å². The average molecular weight is 322 g/mol. The highest BCUT2D eigenvalue weighted by Gasteiger charge is 2.23. The third-order valence-electron chi connectivity index (χ3n) is 2.81. The Bertz CT molecular complexity index is 640. The van der Waals surface area contributed by atoms with E-state index < -0.39 is 17.2 Å². The Labute approximate surface area is 130 Å². The molecule has 116 valence electrons. The highest BCUT2D eigenvalue weighted by atomic mass is 32.1. The molecule has 1 atom stereocenters. The van der Waals surface area contributed by atoms with Gasteiger partial charge in [-0.05, 0) is 18.1 Å². The van der Waals surface area contributed by atoms with Gasteiger partial charge in [0.05, 0.1) is 15.3 Å². The van der Waals surface area contributed by atoms with E-state index in [2.05, 4.69) is 4.98 Å². The summed E-state index contributed by atoms with van der Waals surface area (Å²) in [4.78, 5) is 26.7. The van der Waals surface area contributed by atoms with Gasteiger partial charge in [-0.25, -0.2) is 4.79 Å². The summed E-state index contributed by atoms with van der Waals surface area (Å²) in [5, 5.41) is 10.6. The van der Waals surface area contributed by atoms with Gasteiger partial charge in [0.1, 0.15) is 11.9 Å². The number of thiazole rings is 1. The van der Waals surface area contributed by atoms with Crippen molar-refractivity contribution in [3.63, 3.8) is 0 Å². The number of nitrogens with zero attached hydrogens (tertiary/aromatic N) is 2. The molecule has 0 saturated carbocycles. The maximum atomic E-state index is 11.8. The van der Waals surface area contributed by atoms with E-state index in [0.717, 1.165) is 4.88 Å². The van der Waals surface area contributed by atoms with Crippen LogP contribution >= 0.6 is 11.3 Å². The molecule has 0 aliphatic rings. The first-order valence-electron chi connectivity index (χ1n) is 6.48. The first kappa shape index (κ1) is 15.9. The lowest BCUT2D eigenvalue weighted by atomic mass is 10.1. The lowest BCUT2D eigenvalue weighted by Crippen LogP contribution is -2.18. The standard InChI is InChI=1S/C14H14N2O5S/c1-9(2)13(12-7-15-8-22-12)21-14(17)20-11-5-3-10(4-6-11)16(18)19/h3-9,13H,1-2H3. The highest BCUT2D eigenvalue weighted by Crippen LogP contribution is 2.29. The minimum absolute atomic E-state index is 0.0601. The fourth-order valence-electron chi connectivity index (χ4n) is 1.75. The Hall–Kier alpha value is -2.48. The van der Waals surface area contributed by atoms with Crippen LogP contribution < -0.4 is 4.74 Å². The summed E-state index contributed by atoms with van der Waals surface area (Å²) in [6, 6.07) is 5.20. The first-order valence-corrected chi connectivity index (χ1v) is 7.36. The molecule has 0 saturated heterocycles. The predicted octanol–water partition coefficient (Wildman–Crippen LogP) is 3.96. The summed E-state index contributed by atoms with van der Waals surface area (Å²) >= 11 is 1.39. The van der Waals surface area contributed by atoms with E-state index in [0.29, 0.717) is 0 Å². The molecule has 0 radical (unpaired) electrons. The van der Waals surface area contributed by atoms with Crippen LogP contribution in [0.25, 0.3) is 0 Å². The molecule has 1 aromatic heterocycles. The van der Waals surface area contributed by atoms with E-state index in [1.807, 2.05) is 13.8 Å². The molecule has 0 bridgehead atoms. The van der Waals surface area contributed by atoms with E-state index in [4.69, 9.17) is 9.47 Å². The zero-order valence-electron chi connectivity index (χ0n) is 12.0. The van der Waals surface area contributed by atoms with Gasteiger partial charge in [0.2, 0.25) is 0 Å². The minimum Gasteiger partial charge on any atom is -0.425 e. The van der Waals surface area contributed by atoms with E-state index in [1.54, 1.807) is 11.7 Å². The smallest absolute Gasteiger partial charge is 0.425 e. The van der Waals surface area contributed by atoms with Crippen LogP contribution in [0.3, 0.4) is 0 Å². The Morgan fingerprint density at radius 1 is 1.32 bits per heavy atom. The second-order valence-electron chi connectivity index (χ2n) is 4.79. The summed E-state index contributed by atoms with van der Waals surface area (Å²) in [6.07, 6.45) is 0.341. The molecule has 0 amide bonds. The molecule has 1 aromatic carbocycles. The number of non-ortho nitro benzene ring substituents is 1. The fraction of sp³-hybridized carbons (Fsp3) is 0.286. The molecule has 0 N–H and O–H groups in total. The van der Waals surface area contributed by atoms with Gasteiger partial charge in [-0.15, -0.1) is 11.3 Å². The molecular formula is C14H14N2O5S. The van der Waals surface area contributed by atoms with Crippen LogP contribution in [0.2, 0.25) is 0 Å². The maximum Gasteiger partial charge on any atom is 0.514 e. The number of carbonyl (C=O) groups excluding carboxylic acids is 1. The third kappa shape index (κ3) is 4.01. The van der Waals surface area contributed by atoms with Crippen LogP contribution in [0.1, 0.15) is 24.8 Å². The van der Waals surface area contributed by atoms with Crippen LogP contribution in [-0.4, -0.2) is 16.1 Å². The average Bonchev–Trinajstić information content (AvgIpc) is 2.99. The van der Waals surface area contributed by atoms with Gasteiger partial charge in [-0.3, -0.25) is 15.1 Å². The van der Waals surface area contributed by atoms with Crippen molar-refractivity contribution >= 4 is 23.2 Å². The van der Waals surface area contributed by atoms with Crippen molar-refractivity contribution in [1.82, 2.24) is 4.98 Å². The zero-order chi connectivity index (χ0) is 16.1. The second-order valence-corrected chi connectivity index (χ2v) is 5.71. The predicted molar refractivity (Wildman–Crippen MR) is 79.9 cm³/mol. The van der Waals surface area contributed by atoms with Crippen molar-refractivity contribution in [2.24, 2.45) is 5.92 Å². The summed E-state index contributed by atoms with van der Waals surface area (Å²) in [5.41, 5.74) is 1.58. The molecular weight excluding hydrogens is 308 g/mol. The largest absolute Gasteiger partial charge is 0.514 e. The molecule has 0 aliphatic carbocycles. The normalized spacial score (nSPS) is 12.0. The van der Waals surface area contributed by atoms with Crippen molar-refractivity contribution < 1.29 is 19.2 Å². The Morgan fingerprint density at radius 3 is 2.50 bits per heavy atom. The molecule has 1 heterocycles. The SMILES string of the molecule is CC(C)C(OC(=O)Oc1ccc([N+](=O)[O-])cc1)c1cncs1. The Kier molecular flexibility index (Phi) is 5.05. The summed E-state index contributed by atoms with van der Waals surface area (Å²) in [5.74, 6) is 0.243. The number of nitro benzene ring substituents is 1. The molecule has 22 heavy (non-hydrogen) atoms. The molecule has 0 fully saturated rings. The second kappa shape index (κ2) is 6.99. The number of carbonyl (C=O) groups is 1. The van der Waals surface area contributed by atoms with Gasteiger partial charge in [-0.1, -0.05) is 13.8 Å². The lowest BCUT2D eigenvalue weighted by molar-refractivity contribution is -0.384. The fourth-order valence-corrected chi connectivity index (χ4v) is 2.57. The monoisotopic (exact) mass is 322 g/mol. The maximum absolute atomic E-state index is 11.8. The minimum atomic E-state index is -0.860. The van der Waals surface area contributed by atoms with Crippen LogP contribution in [0, 0.1) is 16.0 Å². The number of hydrogen-bond donors (Lipinski definition) is 0. The molecule has 7 nitrogen and oxygen atoms in total. The Morgan fingerprint density at radius 2 is 2.00 bits per heavy atom. The Balaban J connectivity index is 2.00. The van der Waals surface area contributed by atoms with Crippen LogP contribution in [0.4, 0.5) is 10.5 Å². The van der Waals surface area contributed by atoms with E-state index >= 15 is 0 Å². The third-order valence-corrected chi connectivity index (χ3v) is 3.65. The quantitative estimate of drug-likeness (QED) is 0.358. The van der Waals surface area contributed by atoms with Crippen molar-refractivity contribution in [3.05, 3.63) is 51.0 Å². The van der Waals surface area contributed by atoms with E-state index in [-0.39, 0.29) is 17.4 Å². The first-order chi connectivity index (χ1) is 10.5. The number of ether oxygens (including phenoxy) is 2. The molecule has 1 unspecified atom stereocenters. The summed E-state index contributed by atoms with van der Waals surface area (Å²) in [7, 11) is 0. The van der Waals surface area contributed by atoms with Gasteiger partial charge in [0.15, 0.2) is 0 Å². The van der Waals surface area contributed by atoms with Gasteiger partial charge < -0.3 is 9.47 Å². The van der Waals surface area contributed by atoms with Gasteiger partial charge in [-0.2, -0.15) is 0 Å². The van der Waals surface area contributed by atoms with Gasteiger partial charge in [0.25, 0.3) is 5.69 Å². The summed E-state index contributed by atoms with van der Waals surface area (Å²) in [6.45, 7) is 3.84. The lowest BCUT2D eigenvalue weighted by Gasteiger charge is -2.19. The number of hydrogen-bond acceptors (Lipinski definition) is 7. The number of nitro groups is 1. The van der Waals surface area contributed by atoms with Crippen LogP contribution in [0.15, 0.2) is 36.0 Å². The number of benzene rings is 1. The van der Waals surface area contributed by atoms with Crippen LogP contribution in [-0.2, 0) is 4.74 Å². The topological polar surface area (TPSA) is 91.6 Å². The van der Waals surface area contributed by atoms with Crippen molar-refractivity contribution in [3.8, 4) is 5.75 Å². The van der Waals surface area contributed by atoms with Crippen molar-refractivity contribution in [1.29, 1.82) is 0 Å². The molecule has 0 spiro atoms. The zero-order valence-corrected chi connectivity index (χ0v) is 12.8. The molecule has 0 aliphatic heterocycles. The highest BCUT2D eigenvalue weighted by molar-refractivity contribution is 7.09. The summed E-state index contributed by atoms with van der Waals surface area (Å²) < 4.78 is 10.3. The van der Waals surface area contributed by atoms with E-state index in [9.17, 15) is 14.9 Å². The van der Waals surface area contributed by atoms with E-state index in [1.165, 1.54) is 35.6 Å².